The number of nitrogens with one attached hydrogen (secondary N) is 3. The van der Waals surface area contributed by atoms with E-state index in [1.54, 1.807) is 7.11 Å². The number of anilines is 1. The molecular weight excluding hydrogens is 460 g/mol. The normalized spacial score (nSPS) is 13.6. The van der Waals surface area contributed by atoms with E-state index in [1.807, 2.05) is 30.3 Å². The van der Waals surface area contributed by atoms with E-state index in [1.165, 1.54) is 37.9 Å². The Morgan fingerprint density at radius 2 is 1.80 bits per heavy atom. The Morgan fingerprint density at radius 3 is 2.63 bits per heavy atom. The van der Waals surface area contributed by atoms with Crippen LogP contribution in [0.1, 0.15) is 44.1 Å². The summed E-state index contributed by atoms with van der Waals surface area (Å²) in [5.41, 5.74) is 2.10. The zero-order valence-corrected chi connectivity index (χ0v) is 21.5. The summed E-state index contributed by atoms with van der Waals surface area (Å²) in [6, 6.07) is 15.9. The number of thiocarbonyl (C=S) groups is 1. The van der Waals surface area contributed by atoms with Crippen LogP contribution in [0.15, 0.2) is 48.5 Å². The Kier molecular flexibility index (Phi) is 11.6. The van der Waals surface area contributed by atoms with Gasteiger partial charge < -0.3 is 25.4 Å². The van der Waals surface area contributed by atoms with Crippen molar-refractivity contribution in [2.75, 3.05) is 45.2 Å². The van der Waals surface area contributed by atoms with Gasteiger partial charge in [0.05, 0.1) is 19.4 Å². The zero-order chi connectivity index (χ0) is 24.7. The predicted octanol–water partition coefficient (Wildman–Crippen LogP) is 4.33. The molecule has 1 fully saturated rings. The van der Waals surface area contributed by atoms with Gasteiger partial charge in [-0.25, -0.2) is 0 Å². The van der Waals surface area contributed by atoms with Crippen LogP contribution in [-0.4, -0.2) is 55.8 Å². The highest BCUT2D eigenvalue weighted by molar-refractivity contribution is 7.80. The minimum absolute atomic E-state index is 0.0407. The summed E-state index contributed by atoms with van der Waals surface area (Å²) in [5, 5.41) is 9.70. The SMILES string of the molecule is COc1ccccc1NC(=S)NCCCC(=O)NCCCOc1cccc(CN2CCCCC2)c1. The molecule has 3 rings (SSSR count). The number of hydrogen-bond acceptors (Lipinski definition) is 5. The van der Waals surface area contributed by atoms with Crippen molar-refractivity contribution in [2.45, 2.75) is 45.1 Å². The zero-order valence-electron chi connectivity index (χ0n) is 20.7. The second kappa shape index (κ2) is 15.2. The van der Waals surface area contributed by atoms with E-state index in [0.29, 0.717) is 37.7 Å². The molecule has 8 heteroatoms. The Balaban J connectivity index is 1.22. The Labute approximate surface area is 214 Å². The average molecular weight is 499 g/mol. The Bertz CT molecular complexity index is 934. The lowest BCUT2D eigenvalue weighted by Gasteiger charge is -2.26. The first-order valence-electron chi connectivity index (χ1n) is 12.5. The fraction of sp³-hybridized carbons (Fsp3) is 0.481. The second-order valence-electron chi connectivity index (χ2n) is 8.72. The van der Waals surface area contributed by atoms with Crippen LogP contribution in [0.4, 0.5) is 5.69 Å². The quantitative estimate of drug-likeness (QED) is 0.280. The number of amides is 1. The summed E-state index contributed by atoms with van der Waals surface area (Å²) < 4.78 is 11.2. The third-order valence-electron chi connectivity index (χ3n) is 5.89. The number of benzene rings is 2. The van der Waals surface area contributed by atoms with Crippen LogP contribution >= 0.6 is 12.2 Å². The Hall–Kier alpha value is -2.84. The minimum atomic E-state index is 0.0407. The average Bonchev–Trinajstić information content (AvgIpc) is 2.87. The van der Waals surface area contributed by atoms with Crippen molar-refractivity contribution in [2.24, 2.45) is 0 Å². The smallest absolute Gasteiger partial charge is 0.220 e. The molecule has 2 aromatic rings. The lowest BCUT2D eigenvalue weighted by molar-refractivity contribution is -0.121. The van der Waals surface area contributed by atoms with Gasteiger partial charge >= 0.3 is 0 Å². The molecule has 1 saturated heterocycles. The van der Waals surface area contributed by atoms with Gasteiger partial charge in [0.1, 0.15) is 11.5 Å². The lowest BCUT2D eigenvalue weighted by Crippen LogP contribution is -2.31. The van der Waals surface area contributed by atoms with Crippen molar-refractivity contribution in [3.63, 3.8) is 0 Å². The molecule has 0 bridgehead atoms. The fourth-order valence-electron chi connectivity index (χ4n) is 4.05. The van der Waals surface area contributed by atoms with E-state index in [9.17, 15) is 4.79 Å². The molecule has 0 aromatic heterocycles. The van der Waals surface area contributed by atoms with Crippen LogP contribution < -0.4 is 25.4 Å². The molecule has 0 radical (unpaired) electrons. The van der Waals surface area contributed by atoms with E-state index in [-0.39, 0.29) is 5.91 Å². The molecular formula is C27H38N4O3S. The van der Waals surface area contributed by atoms with Gasteiger partial charge in [-0.05, 0) is 80.8 Å². The minimum Gasteiger partial charge on any atom is -0.495 e. The number of nitrogens with zero attached hydrogens (tertiary/aromatic N) is 1. The van der Waals surface area contributed by atoms with E-state index >= 15 is 0 Å². The third-order valence-corrected chi connectivity index (χ3v) is 6.13. The molecule has 1 aliphatic heterocycles. The molecule has 1 amide bonds. The number of para-hydroxylation sites is 2. The van der Waals surface area contributed by atoms with Gasteiger partial charge in [-0.2, -0.15) is 0 Å². The molecule has 35 heavy (non-hydrogen) atoms. The van der Waals surface area contributed by atoms with Gasteiger partial charge in [0.2, 0.25) is 5.91 Å². The molecule has 0 aliphatic carbocycles. The maximum Gasteiger partial charge on any atom is 0.220 e. The molecule has 0 spiro atoms. The highest BCUT2D eigenvalue weighted by Gasteiger charge is 2.10. The number of rotatable bonds is 13. The highest BCUT2D eigenvalue weighted by atomic mass is 32.1. The topological polar surface area (TPSA) is 74.9 Å². The molecule has 2 aromatic carbocycles. The molecule has 3 N–H and O–H groups in total. The van der Waals surface area contributed by atoms with Gasteiger partial charge in [-0.1, -0.05) is 30.7 Å². The van der Waals surface area contributed by atoms with Crippen LogP contribution in [-0.2, 0) is 11.3 Å². The van der Waals surface area contributed by atoms with Crippen molar-refractivity contribution in [1.29, 1.82) is 0 Å². The van der Waals surface area contributed by atoms with Gasteiger partial charge in [-0.3, -0.25) is 9.69 Å². The molecule has 0 atom stereocenters. The summed E-state index contributed by atoms with van der Waals surface area (Å²) >= 11 is 5.32. The summed E-state index contributed by atoms with van der Waals surface area (Å²) in [6.07, 6.45) is 5.86. The first kappa shape index (κ1) is 26.8. The van der Waals surface area contributed by atoms with Crippen LogP contribution in [0.25, 0.3) is 0 Å². The fourth-order valence-corrected chi connectivity index (χ4v) is 4.27. The van der Waals surface area contributed by atoms with E-state index in [4.69, 9.17) is 21.7 Å². The number of ether oxygens (including phenoxy) is 2. The summed E-state index contributed by atoms with van der Waals surface area (Å²) in [4.78, 5) is 14.6. The van der Waals surface area contributed by atoms with Gasteiger partial charge in [0, 0.05) is 26.1 Å². The van der Waals surface area contributed by atoms with Crippen molar-refractivity contribution >= 4 is 28.9 Å². The lowest BCUT2D eigenvalue weighted by atomic mass is 10.1. The second-order valence-corrected chi connectivity index (χ2v) is 9.13. The number of piperidine rings is 1. The number of methoxy groups -OCH3 is 1. The largest absolute Gasteiger partial charge is 0.495 e. The third kappa shape index (κ3) is 10.1. The molecule has 0 saturated carbocycles. The first-order valence-corrected chi connectivity index (χ1v) is 12.9. The van der Waals surface area contributed by atoms with Gasteiger partial charge in [0.25, 0.3) is 0 Å². The number of likely N-dealkylation sites (tertiary alicyclic amines) is 1. The van der Waals surface area contributed by atoms with Crippen LogP contribution in [0.2, 0.25) is 0 Å². The summed E-state index contributed by atoms with van der Waals surface area (Å²) in [6.45, 7) is 5.17. The van der Waals surface area contributed by atoms with Crippen molar-refractivity contribution in [3.05, 3.63) is 54.1 Å². The highest BCUT2D eigenvalue weighted by Crippen LogP contribution is 2.22. The van der Waals surface area contributed by atoms with Crippen LogP contribution in [0.5, 0.6) is 11.5 Å². The maximum absolute atomic E-state index is 12.1. The summed E-state index contributed by atoms with van der Waals surface area (Å²) in [5.74, 6) is 1.67. The van der Waals surface area contributed by atoms with Crippen LogP contribution in [0, 0.1) is 0 Å². The first-order chi connectivity index (χ1) is 17.1. The summed E-state index contributed by atoms with van der Waals surface area (Å²) in [7, 11) is 1.62. The molecule has 1 heterocycles. The van der Waals surface area contributed by atoms with Crippen LogP contribution in [0.3, 0.4) is 0 Å². The van der Waals surface area contributed by atoms with E-state index < -0.39 is 0 Å². The monoisotopic (exact) mass is 498 g/mol. The number of hydrogen-bond donors (Lipinski definition) is 3. The van der Waals surface area contributed by atoms with E-state index in [2.05, 4.69) is 39.0 Å². The van der Waals surface area contributed by atoms with Gasteiger partial charge in [-0.15, -0.1) is 0 Å². The van der Waals surface area contributed by atoms with Crippen molar-refractivity contribution in [1.82, 2.24) is 15.5 Å². The standard InChI is InChI=1S/C27H38N4O3S/c1-33-25-13-4-3-12-24(25)30-27(35)29-15-8-14-26(32)28-16-9-19-34-23-11-7-10-22(20-23)21-31-17-5-2-6-18-31/h3-4,7,10-13,20H,2,5-6,8-9,14-19,21H2,1H3,(H,28,32)(H2,29,30,35). The predicted molar refractivity (Wildman–Crippen MR) is 145 cm³/mol. The molecule has 190 valence electrons. The van der Waals surface area contributed by atoms with Crippen molar-refractivity contribution < 1.29 is 14.3 Å². The van der Waals surface area contributed by atoms with Gasteiger partial charge in [0.15, 0.2) is 5.11 Å². The van der Waals surface area contributed by atoms with E-state index in [0.717, 1.165) is 30.2 Å². The Morgan fingerprint density at radius 1 is 1.00 bits per heavy atom. The maximum atomic E-state index is 12.1. The molecule has 0 unspecified atom stereocenters. The van der Waals surface area contributed by atoms with Crippen molar-refractivity contribution in [3.8, 4) is 11.5 Å². The molecule has 1 aliphatic rings. The number of carbonyl (C=O) groups is 1. The number of carbonyl (C=O) groups excluding carboxylic acids is 1. The molecule has 7 nitrogen and oxygen atoms in total.